The van der Waals surface area contributed by atoms with Crippen LogP contribution in [0.25, 0.3) is 0 Å². The summed E-state index contributed by atoms with van der Waals surface area (Å²) >= 11 is 0. The normalized spacial score (nSPS) is 11.2. The van der Waals surface area contributed by atoms with Crippen LogP contribution in [0.4, 0.5) is 15.8 Å². The Bertz CT molecular complexity index is 763. The molecule has 0 amide bonds. The van der Waals surface area contributed by atoms with Crippen molar-refractivity contribution in [2.24, 2.45) is 0 Å². The molecular weight excluding hydrogens is 295 g/mol. The van der Waals surface area contributed by atoms with Crippen LogP contribution in [0.2, 0.25) is 0 Å². The van der Waals surface area contributed by atoms with Crippen LogP contribution < -0.4 is 14.8 Å². The highest BCUT2D eigenvalue weighted by molar-refractivity contribution is 7.93. The fraction of sp³-hybridized carbons (Fsp3) is 0.143. The van der Waals surface area contributed by atoms with Crippen molar-refractivity contribution in [1.82, 2.24) is 0 Å². The third-order valence-corrected chi connectivity index (χ3v) is 4.87. The molecule has 0 bridgehead atoms. The molecule has 0 fully saturated rings. The molecule has 0 saturated heterocycles. The average molecular weight is 310 g/mol. The Morgan fingerprint density at radius 3 is 2.52 bits per heavy atom. The van der Waals surface area contributed by atoms with Gasteiger partial charge in [0.2, 0.25) is 0 Å². The molecule has 0 aliphatic carbocycles. The Labute approximate surface area is 122 Å². The third kappa shape index (κ3) is 2.78. The molecule has 7 heteroatoms. The Morgan fingerprint density at radius 1 is 1.19 bits per heavy atom. The molecule has 5 nitrogen and oxygen atoms in total. The topological polar surface area (TPSA) is 72.6 Å². The van der Waals surface area contributed by atoms with E-state index in [4.69, 9.17) is 10.5 Å². The van der Waals surface area contributed by atoms with Gasteiger partial charge in [-0.1, -0.05) is 12.1 Å². The van der Waals surface area contributed by atoms with Gasteiger partial charge < -0.3 is 10.5 Å². The van der Waals surface area contributed by atoms with Crippen molar-refractivity contribution in [1.29, 1.82) is 0 Å². The van der Waals surface area contributed by atoms with E-state index in [-0.39, 0.29) is 10.6 Å². The van der Waals surface area contributed by atoms with Gasteiger partial charge in [0.15, 0.2) is 0 Å². The Hall–Kier alpha value is -2.28. The molecule has 0 aromatic heterocycles. The summed E-state index contributed by atoms with van der Waals surface area (Å²) in [5.74, 6) is -0.283. The van der Waals surface area contributed by atoms with Crippen LogP contribution in [-0.4, -0.2) is 22.6 Å². The number of rotatable bonds is 4. The van der Waals surface area contributed by atoms with Gasteiger partial charge in [0, 0.05) is 7.05 Å². The van der Waals surface area contributed by atoms with E-state index in [2.05, 4.69) is 0 Å². The molecule has 112 valence electrons. The number of sulfonamides is 1. The fourth-order valence-electron chi connectivity index (χ4n) is 1.90. The number of methoxy groups -OCH3 is 1. The minimum Gasteiger partial charge on any atom is -0.495 e. The number of para-hydroxylation sites is 2. The zero-order chi connectivity index (χ0) is 15.6. The summed E-state index contributed by atoms with van der Waals surface area (Å²) in [6.07, 6.45) is 0. The van der Waals surface area contributed by atoms with Gasteiger partial charge in [0.1, 0.15) is 16.5 Å². The molecular formula is C14H15FN2O3S. The quantitative estimate of drug-likeness (QED) is 0.879. The summed E-state index contributed by atoms with van der Waals surface area (Å²) in [6, 6.07) is 9.85. The Kier molecular flexibility index (Phi) is 4.04. The van der Waals surface area contributed by atoms with E-state index >= 15 is 0 Å². The minimum atomic E-state index is -3.99. The molecule has 2 N–H and O–H groups in total. The van der Waals surface area contributed by atoms with Crippen LogP contribution in [0.3, 0.4) is 0 Å². The van der Waals surface area contributed by atoms with Crippen molar-refractivity contribution in [3.05, 3.63) is 48.3 Å². The second kappa shape index (κ2) is 5.61. The van der Waals surface area contributed by atoms with Crippen molar-refractivity contribution in [3.63, 3.8) is 0 Å². The number of hydrogen-bond acceptors (Lipinski definition) is 4. The van der Waals surface area contributed by atoms with E-state index in [9.17, 15) is 12.8 Å². The van der Waals surface area contributed by atoms with Gasteiger partial charge in [-0.05, 0) is 30.3 Å². The van der Waals surface area contributed by atoms with Crippen molar-refractivity contribution in [2.45, 2.75) is 4.90 Å². The van der Waals surface area contributed by atoms with Gasteiger partial charge in [-0.25, -0.2) is 12.8 Å². The first kappa shape index (κ1) is 15.1. The van der Waals surface area contributed by atoms with Gasteiger partial charge in [-0.2, -0.15) is 0 Å². The number of ether oxygens (including phenoxy) is 1. The summed E-state index contributed by atoms with van der Waals surface area (Å²) in [7, 11) is -1.19. The highest BCUT2D eigenvalue weighted by Crippen LogP contribution is 2.32. The van der Waals surface area contributed by atoms with Gasteiger partial charge in [0.25, 0.3) is 10.0 Å². The second-order valence-corrected chi connectivity index (χ2v) is 6.26. The van der Waals surface area contributed by atoms with Crippen LogP contribution in [-0.2, 0) is 10.0 Å². The van der Waals surface area contributed by atoms with E-state index in [1.807, 2.05) is 0 Å². The molecule has 0 atom stereocenters. The summed E-state index contributed by atoms with van der Waals surface area (Å²) in [6.45, 7) is 0. The van der Waals surface area contributed by atoms with Crippen molar-refractivity contribution in [2.75, 3.05) is 24.2 Å². The SMILES string of the molecule is COc1ccccc1N(C)S(=O)(=O)c1cc(F)ccc1N. The molecule has 0 radical (unpaired) electrons. The number of halogens is 1. The lowest BCUT2D eigenvalue weighted by atomic mass is 10.3. The summed E-state index contributed by atoms with van der Waals surface area (Å²) < 4.78 is 44.7. The summed E-state index contributed by atoms with van der Waals surface area (Å²) in [4.78, 5) is -0.282. The largest absolute Gasteiger partial charge is 0.495 e. The second-order valence-electron chi connectivity index (χ2n) is 4.33. The molecule has 2 aromatic carbocycles. The van der Waals surface area contributed by atoms with Crippen molar-refractivity contribution in [3.8, 4) is 5.75 Å². The number of hydrogen-bond donors (Lipinski definition) is 1. The smallest absolute Gasteiger partial charge is 0.266 e. The predicted octanol–water partition coefficient (Wildman–Crippen LogP) is 2.24. The molecule has 0 aliphatic rings. The average Bonchev–Trinajstić information content (AvgIpc) is 2.48. The number of nitrogen functional groups attached to an aromatic ring is 1. The van der Waals surface area contributed by atoms with Gasteiger partial charge in [-0.15, -0.1) is 0 Å². The van der Waals surface area contributed by atoms with Crippen molar-refractivity contribution < 1.29 is 17.5 Å². The van der Waals surface area contributed by atoms with Crippen LogP contribution in [0, 0.1) is 5.82 Å². The molecule has 0 unspecified atom stereocenters. The maximum atomic E-state index is 13.3. The van der Waals surface area contributed by atoms with E-state index in [1.54, 1.807) is 24.3 Å². The molecule has 2 rings (SSSR count). The summed E-state index contributed by atoms with van der Waals surface area (Å²) in [5.41, 5.74) is 5.98. The fourth-order valence-corrected chi connectivity index (χ4v) is 3.23. The van der Waals surface area contributed by atoms with E-state index in [0.717, 1.165) is 16.4 Å². The zero-order valence-corrected chi connectivity index (χ0v) is 12.4. The Balaban J connectivity index is 2.55. The maximum Gasteiger partial charge on any atom is 0.266 e. The van der Waals surface area contributed by atoms with E-state index in [1.165, 1.54) is 20.2 Å². The highest BCUT2D eigenvalue weighted by Gasteiger charge is 2.26. The minimum absolute atomic E-state index is 0.0156. The van der Waals surface area contributed by atoms with Crippen LogP contribution >= 0.6 is 0 Å². The predicted molar refractivity (Wildman–Crippen MR) is 79.4 cm³/mol. The number of nitrogens with two attached hydrogens (primary N) is 1. The van der Waals surface area contributed by atoms with Crippen LogP contribution in [0.15, 0.2) is 47.4 Å². The lowest BCUT2D eigenvalue weighted by Crippen LogP contribution is -2.27. The number of nitrogens with zero attached hydrogens (tertiary/aromatic N) is 1. The highest BCUT2D eigenvalue weighted by atomic mass is 32.2. The molecule has 0 saturated carbocycles. The first-order valence-corrected chi connectivity index (χ1v) is 7.49. The van der Waals surface area contributed by atoms with Gasteiger partial charge in [-0.3, -0.25) is 4.31 Å². The molecule has 2 aromatic rings. The monoisotopic (exact) mass is 310 g/mol. The molecule has 21 heavy (non-hydrogen) atoms. The number of anilines is 2. The first-order chi connectivity index (χ1) is 9.87. The Morgan fingerprint density at radius 2 is 1.86 bits per heavy atom. The molecule has 0 spiro atoms. The first-order valence-electron chi connectivity index (χ1n) is 6.05. The van der Waals surface area contributed by atoms with Crippen LogP contribution in [0.1, 0.15) is 0 Å². The lowest BCUT2D eigenvalue weighted by Gasteiger charge is -2.22. The van der Waals surface area contributed by atoms with E-state index in [0.29, 0.717) is 11.4 Å². The number of benzene rings is 2. The third-order valence-electron chi connectivity index (χ3n) is 3.04. The zero-order valence-electron chi connectivity index (χ0n) is 11.6. The molecule has 0 aliphatic heterocycles. The maximum absolute atomic E-state index is 13.3. The van der Waals surface area contributed by atoms with Gasteiger partial charge >= 0.3 is 0 Å². The van der Waals surface area contributed by atoms with E-state index < -0.39 is 15.8 Å². The van der Waals surface area contributed by atoms with Crippen molar-refractivity contribution >= 4 is 21.4 Å². The summed E-state index contributed by atoms with van der Waals surface area (Å²) in [5, 5.41) is 0. The molecule has 0 heterocycles. The van der Waals surface area contributed by atoms with Gasteiger partial charge in [0.05, 0.1) is 18.5 Å². The lowest BCUT2D eigenvalue weighted by molar-refractivity contribution is 0.416. The standard InChI is InChI=1S/C14H15FN2O3S/c1-17(12-5-3-4-6-13(12)20-2)21(18,19)14-9-10(15)7-8-11(14)16/h3-9H,16H2,1-2H3. The van der Waals surface area contributed by atoms with Crippen LogP contribution in [0.5, 0.6) is 5.75 Å².